The van der Waals surface area contributed by atoms with Gasteiger partial charge in [-0.15, -0.1) is 0 Å². The van der Waals surface area contributed by atoms with Gasteiger partial charge in [-0.05, 0) is 37.4 Å². The van der Waals surface area contributed by atoms with E-state index in [-0.39, 0.29) is 23.9 Å². The minimum absolute atomic E-state index is 0.0219. The third-order valence-corrected chi connectivity index (χ3v) is 3.62. The molecule has 0 radical (unpaired) electrons. The maximum absolute atomic E-state index is 12.1. The summed E-state index contributed by atoms with van der Waals surface area (Å²) in [5, 5.41) is 3.18. The summed E-state index contributed by atoms with van der Waals surface area (Å²) in [5.41, 5.74) is 1.13. The molecule has 1 saturated carbocycles. The van der Waals surface area contributed by atoms with Crippen molar-refractivity contribution in [1.82, 2.24) is 15.2 Å². The third-order valence-electron chi connectivity index (χ3n) is 3.62. The lowest BCUT2D eigenvalue weighted by Crippen LogP contribution is -2.40. The first-order chi connectivity index (χ1) is 9.25. The van der Waals surface area contributed by atoms with E-state index in [1.54, 1.807) is 6.20 Å². The van der Waals surface area contributed by atoms with Gasteiger partial charge in [0.05, 0.1) is 12.5 Å². The topological polar surface area (TPSA) is 62.3 Å². The van der Waals surface area contributed by atoms with Gasteiger partial charge in [0.15, 0.2) is 0 Å². The van der Waals surface area contributed by atoms with E-state index >= 15 is 0 Å². The SMILES string of the molecule is O=C1CC(NCCc2cccnc2)C(=O)N1C1CC1. The number of nitrogens with zero attached hydrogens (tertiary/aromatic N) is 2. The van der Waals surface area contributed by atoms with Crippen molar-refractivity contribution in [1.29, 1.82) is 0 Å². The zero-order chi connectivity index (χ0) is 13.2. The van der Waals surface area contributed by atoms with Crippen LogP contribution in [-0.4, -0.2) is 40.3 Å². The zero-order valence-electron chi connectivity index (χ0n) is 10.7. The van der Waals surface area contributed by atoms with E-state index < -0.39 is 0 Å². The number of hydrogen-bond donors (Lipinski definition) is 1. The van der Waals surface area contributed by atoms with Gasteiger partial charge < -0.3 is 5.32 Å². The monoisotopic (exact) mass is 259 g/mol. The number of nitrogens with one attached hydrogen (secondary N) is 1. The van der Waals surface area contributed by atoms with E-state index in [4.69, 9.17) is 0 Å². The quantitative estimate of drug-likeness (QED) is 0.782. The van der Waals surface area contributed by atoms with Crippen molar-refractivity contribution in [2.24, 2.45) is 0 Å². The van der Waals surface area contributed by atoms with E-state index in [2.05, 4.69) is 10.3 Å². The number of imide groups is 1. The van der Waals surface area contributed by atoms with E-state index in [1.165, 1.54) is 4.90 Å². The Morgan fingerprint density at radius 3 is 2.89 bits per heavy atom. The maximum Gasteiger partial charge on any atom is 0.247 e. The van der Waals surface area contributed by atoms with Gasteiger partial charge in [-0.1, -0.05) is 6.07 Å². The number of carbonyl (C=O) groups excluding carboxylic acids is 2. The minimum Gasteiger partial charge on any atom is -0.305 e. The Bertz CT molecular complexity index is 485. The molecule has 1 aromatic heterocycles. The van der Waals surface area contributed by atoms with Gasteiger partial charge in [-0.25, -0.2) is 0 Å². The summed E-state index contributed by atoms with van der Waals surface area (Å²) >= 11 is 0. The Kier molecular flexibility index (Phi) is 3.29. The lowest BCUT2D eigenvalue weighted by atomic mass is 10.2. The number of aromatic nitrogens is 1. The summed E-state index contributed by atoms with van der Waals surface area (Å²) in [5.74, 6) is -0.0648. The van der Waals surface area contributed by atoms with Gasteiger partial charge in [0.2, 0.25) is 11.8 Å². The molecule has 1 aromatic rings. The number of hydrogen-bond acceptors (Lipinski definition) is 4. The van der Waals surface area contributed by atoms with E-state index in [9.17, 15) is 9.59 Å². The molecular formula is C14H17N3O2. The van der Waals surface area contributed by atoms with E-state index in [0.717, 1.165) is 24.8 Å². The second kappa shape index (κ2) is 5.09. The van der Waals surface area contributed by atoms with Crippen LogP contribution >= 0.6 is 0 Å². The standard InChI is InChI=1S/C14H17N3O2/c18-13-8-12(14(19)17(13)11-3-4-11)16-7-5-10-2-1-6-15-9-10/h1-2,6,9,11-12,16H,3-5,7-8H2. The van der Waals surface area contributed by atoms with Crippen molar-refractivity contribution >= 4 is 11.8 Å². The second-order valence-electron chi connectivity index (χ2n) is 5.16. The summed E-state index contributed by atoms with van der Waals surface area (Å²) in [4.78, 5) is 29.3. The summed E-state index contributed by atoms with van der Waals surface area (Å²) in [6.45, 7) is 0.688. The van der Waals surface area contributed by atoms with Crippen LogP contribution < -0.4 is 5.32 Å². The smallest absolute Gasteiger partial charge is 0.247 e. The molecule has 2 heterocycles. The Morgan fingerprint density at radius 2 is 2.21 bits per heavy atom. The van der Waals surface area contributed by atoms with Crippen molar-refractivity contribution in [3.63, 3.8) is 0 Å². The zero-order valence-corrected chi connectivity index (χ0v) is 10.7. The molecule has 1 unspecified atom stereocenters. The normalized spacial score (nSPS) is 23.2. The Balaban J connectivity index is 1.51. The van der Waals surface area contributed by atoms with Crippen LogP contribution in [-0.2, 0) is 16.0 Å². The Hall–Kier alpha value is -1.75. The molecule has 0 spiro atoms. The molecule has 2 aliphatic rings. The van der Waals surface area contributed by atoms with Gasteiger partial charge in [-0.3, -0.25) is 19.5 Å². The Morgan fingerprint density at radius 1 is 1.37 bits per heavy atom. The van der Waals surface area contributed by atoms with Gasteiger partial charge in [0, 0.05) is 18.4 Å². The van der Waals surface area contributed by atoms with Crippen LogP contribution in [0.1, 0.15) is 24.8 Å². The highest BCUT2D eigenvalue weighted by Crippen LogP contribution is 2.31. The largest absolute Gasteiger partial charge is 0.305 e. The summed E-state index contributed by atoms with van der Waals surface area (Å²) in [7, 11) is 0. The molecule has 1 N–H and O–H groups in total. The molecular weight excluding hydrogens is 242 g/mol. The van der Waals surface area contributed by atoms with Crippen LogP contribution in [0.25, 0.3) is 0 Å². The van der Waals surface area contributed by atoms with Crippen LogP contribution in [0.3, 0.4) is 0 Å². The molecule has 1 saturated heterocycles. The average Bonchev–Trinajstić information content (AvgIpc) is 3.19. The summed E-state index contributed by atoms with van der Waals surface area (Å²) < 4.78 is 0. The molecule has 19 heavy (non-hydrogen) atoms. The molecule has 1 aliphatic heterocycles. The highest BCUT2D eigenvalue weighted by atomic mass is 16.2. The van der Waals surface area contributed by atoms with Gasteiger partial charge >= 0.3 is 0 Å². The van der Waals surface area contributed by atoms with Crippen molar-refractivity contribution in [3.05, 3.63) is 30.1 Å². The van der Waals surface area contributed by atoms with Crippen LogP contribution in [0.4, 0.5) is 0 Å². The van der Waals surface area contributed by atoms with Crippen LogP contribution in [0.5, 0.6) is 0 Å². The third kappa shape index (κ3) is 2.66. The molecule has 0 bridgehead atoms. The number of rotatable bonds is 5. The van der Waals surface area contributed by atoms with Crippen molar-refractivity contribution < 1.29 is 9.59 Å². The van der Waals surface area contributed by atoms with Gasteiger partial charge in [0.1, 0.15) is 0 Å². The molecule has 3 rings (SSSR count). The molecule has 2 amide bonds. The van der Waals surface area contributed by atoms with Gasteiger partial charge in [0.25, 0.3) is 0 Å². The Labute approximate surface area is 112 Å². The lowest BCUT2D eigenvalue weighted by molar-refractivity contribution is -0.139. The van der Waals surface area contributed by atoms with Crippen molar-refractivity contribution in [2.45, 2.75) is 37.8 Å². The molecule has 5 nitrogen and oxygen atoms in total. The fraction of sp³-hybridized carbons (Fsp3) is 0.500. The van der Waals surface area contributed by atoms with Crippen molar-refractivity contribution in [2.75, 3.05) is 6.54 Å². The maximum atomic E-state index is 12.1. The van der Waals surface area contributed by atoms with Gasteiger partial charge in [-0.2, -0.15) is 0 Å². The van der Waals surface area contributed by atoms with Crippen molar-refractivity contribution in [3.8, 4) is 0 Å². The predicted octanol–water partition coefficient (Wildman–Crippen LogP) is 0.504. The lowest BCUT2D eigenvalue weighted by Gasteiger charge is -2.14. The number of carbonyl (C=O) groups is 2. The van der Waals surface area contributed by atoms with Crippen LogP contribution in [0, 0.1) is 0 Å². The van der Waals surface area contributed by atoms with E-state index in [1.807, 2.05) is 18.3 Å². The number of likely N-dealkylation sites (tertiary alicyclic amines) is 1. The summed E-state index contributed by atoms with van der Waals surface area (Å²) in [6, 6.07) is 3.76. The number of pyridine rings is 1. The van der Waals surface area contributed by atoms with E-state index in [0.29, 0.717) is 13.0 Å². The molecule has 1 atom stereocenters. The highest BCUT2D eigenvalue weighted by Gasteiger charge is 2.45. The minimum atomic E-state index is -0.329. The second-order valence-corrected chi connectivity index (χ2v) is 5.16. The molecule has 0 aromatic carbocycles. The summed E-state index contributed by atoms with van der Waals surface area (Å²) in [6.07, 6.45) is 6.63. The first-order valence-electron chi connectivity index (χ1n) is 6.74. The number of amides is 2. The molecule has 5 heteroatoms. The predicted molar refractivity (Wildman–Crippen MR) is 69.2 cm³/mol. The van der Waals surface area contributed by atoms with Crippen LogP contribution in [0.15, 0.2) is 24.5 Å². The molecule has 2 fully saturated rings. The average molecular weight is 259 g/mol. The highest BCUT2D eigenvalue weighted by molar-refractivity contribution is 6.06. The molecule has 1 aliphatic carbocycles. The fourth-order valence-electron chi connectivity index (χ4n) is 2.46. The van der Waals surface area contributed by atoms with Crippen LogP contribution in [0.2, 0.25) is 0 Å². The fourth-order valence-corrected chi connectivity index (χ4v) is 2.46. The molecule has 100 valence electrons. The first kappa shape index (κ1) is 12.3. The first-order valence-corrected chi connectivity index (χ1v) is 6.74.